The van der Waals surface area contributed by atoms with E-state index in [1.807, 2.05) is 0 Å². The number of aryl methyl sites for hydroxylation is 1. The fourth-order valence-electron chi connectivity index (χ4n) is 1.77. The van der Waals surface area contributed by atoms with E-state index < -0.39 is 5.97 Å². The maximum absolute atomic E-state index is 13.5. The second-order valence-corrected chi connectivity index (χ2v) is 3.77. The Balaban J connectivity index is 2.27. The molecule has 1 aromatic rings. The minimum Gasteiger partial charge on any atom is -0.481 e. The van der Waals surface area contributed by atoms with Gasteiger partial charge in [0.1, 0.15) is 5.82 Å². The highest BCUT2D eigenvalue weighted by atomic mass is 19.1. The van der Waals surface area contributed by atoms with E-state index in [-0.39, 0.29) is 17.7 Å². The number of benzene rings is 1. The Morgan fingerprint density at radius 3 is 2.86 bits per heavy atom. The van der Waals surface area contributed by atoms with Gasteiger partial charge in [-0.15, -0.1) is 0 Å². The molecule has 1 fully saturated rings. The number of hydrogen-bond acceptors (Lipinski definition) is 1. The van der Waals surface area contributed by atoms with Crippen molar-refractivity contribution >= 4 is 5.97 Å². The number of aliphatic carboxylic acids is 1. The van der Waals surface area contributed by atoms with Crippen molar-refractivity contribution in [3.05, 3.63) is 35.1 Å². The van der Waals surface area contributed by atoms with Crippen LogP contribution in [0.1, 0.15) is 23.5 Å². The fraction of sp³-hybridized carbons (Fsp3) is 0.364. The van der Waals surface area contributed by atoms with Gasteiger partial charge in [-0.3, -0.25) is 4.79 Å². The molecule has 1 N–H and O–H groups in total. The minimum atomic E-state index is -0.823. The zero-order valence-corrected chi connectivity index (χ0v) is 7.83. The van der Waals surface area contributed by atoms with Crippen LogP contribution >= 0.6 is 0 Å². The van der Waals surface area contributed by atoms with Gasteiger partial charge >= 0.3 is 5.97 Å². The molecular formula is C11H11FO2. The van der Waals surface area contributed by atoms with Crippen LogP contribution in [0.5, 0.6) is 0 Å². The lowest BCUT2D eigenvalue weighted by atomic mass is 10.1. The van der Waals surface area contributed by atoms with Gasteiger partial charge in [-0.2, -0.15) is 0 Å². The molecule has 0 amide bonds. The first-order valence-electron chi connectivity index (χ1n) is 4.59. The van der Waals surface area contributed by atoms with Crippen LogP contribution in [0.4, 0.5) is 4.39 Å². The summed E-state index contributed by atoms with van der Waals surface area (Å²) in [6.07, 6.45) is 0.565. The highest BCUT2D eigenvalue weighted by molar-refractivity contribution is 5.75. The van der Waals surface area contributed by atoms with Gasteiger partial charge in [-0.1, -0.05) is 18.2 Å². The molecule has 0 aliphatic heterocycles. The summed E-state index contributed by atoms with van der Waals surface area (Å²) >= 11 is 0. The van der Waals surface area contributed by atoms with E-state index in [4.69, 9.17) is 5.11 Å². The molecule has 74 valence electrons. The molecule has 0 radical (unpaired) electrons. The number of carboxylic acids is 1. The van der Waals surface area contributed by atoms with Crippen molar-refractivity contribution in [1.82, 2.24) is 0 Å². The maximum atomic E-state index is 13.5. The largest absolute Gasteiger partial charge is 0.481 e. The van der Waals surface area contributed by atoms with Crippen LogP contribution in [0.15, 0.2) is 18.2 Å². The lowest BCUT2D eigenvalue weighted by molar-refractivity contribution is -0.138. The molecule has 2 unspecified atom stereocenters. The quantitative estimate of drug-likeness (QED) is 0.784. The molecule has 1 aromatic carbocycles. The van der Waals surface area contributed by atoms with Crippen molar-refractivity contribution < 1.29 is 14.3 Å². The Bertz CT molecular complexity index is 387. The van der Waals surface area contributed by atoms with E-state index in [1.165, 1.54) is 0 Å². The third kappa shape index (κ3) is 1.39. The zero-order valence-electron chi connectivity index (χ0n) is 7.83. The standard InChI is InChI=1S/C11H11FO2/c1-6-3-2-4-7(10(6)12)8-5-9(8)11(13)14/h2-4,8-9H,5H2,1H3,(H,13,14). The van der Waals surface area contributed by atoms with Gasteiger partial charge in [0.25, 0.3) is 0 Å². The number of hydrogen-bond donors (Lipinski definition) is 1. The third-order valence-electron chi connectivity index (χ3n) is 2.73. The predicted molar refractivity (Wildman–Crippen MR) is 49.6 cm³/mol. The van der Waals surface area contributed by atoms with Crippen LogP contribution in [0.3, 0.4) is 0 Å². The van der Waals surface area contributed by atoms with Crippen LogP contribution in [0, 0.1) is 18.7 Å². The second kappa shape index (κ2) is 3.08. The minimum absolute atomic E-state index is 0.118. The highest BCUT2D eigenvalue weighted by Crippen LogP contribution is 2.48. The van der Waals surface area contributed by atoms with E-state index in [2.05, 4.69) is 0 Å². The van der Waals surface area contributed by atoms with Crippen LogP contribution in [-0.2, 0) is 4.79 Å². The van der Waals surface area contributed by atoms with E-state index >= 15 is 0 Å². The van der Waals surface area contributed by atoms with Gasteiger partial charge in [0, 0.05) is 5.92 Å². The van der Waals surface area contributed by atoms with Gasteiger partial charge in [0.05, 0.1) is 5.92 Å². The number of carboxylic acid groups (broad SMARTS) is 1. The summed E-state index contributed by atoms with van der Waals surface area (Å²) in [6, 6.07) is 5.14. The van der Waals surface area contributed by atoms with Gasteiger partial charge in [-0.05, 0) is 24.5 Å². The average Bonchev–Trinajstić information content (AvgIpc) is 2.89. The molecule has 2 nitrogen and oxygen atoms in total. The number of rotatable bonds is 2. The molecule has 0 bridgehead atoms. The molecule has 0 aromatic heterocycles. The van der Waals surface area contributed by atoms with Crippen LogP contribution in [0.25, 0.3) is 0 Å². The van der Waals surface area contributed by atoms with Crippen molar-refractivity contribution in [2.24, 2.45) is 5.92 Å². The molecule has 0 spiro atoms. The summed E-state index contributed by atoms with van der Waals surface area (Å²) in [4.78, 5) is 10.6. The smallest absolute Gasteiger partial charge is 0.307 e. The maximum Gasteiger partial charge on any atom is 0.307 e. The second-order valence-electron chi connectivity index (χ2n) is 3.77. The Hall–Kier alpha value is -1.38. The highest BCUT2D eigenvalue weighted by Gasteiger charge is 2.45. The first kappa shape index (κ1) is 9.19. The molecule has 14 heavy (non-hydrogen) atoms. The molecule has 2 atom stereocenters. The third-order valence-corrected chi connectivity index (χ3v) is 2.73. The van der Waals surface area contributed by atoms with Crippen molar-refractivity contribution in [3.63, 3.8) is 0 Å². The van der Waals surface area contributed by atoms with Crippen molar-refractivity contribution in [2.75, 3.05) is 0 Å². The van der Waals surface area contributed by atoms with Crippen LogP contribution in [-0.4, -0.2) is 11.1 Å². The van der Waals surface area contributed by atoms with Crippen molar-refractivity contribution in [2.45, 2.75) is 19.3 Å². The Labute approximate surface area is 81.4 Å². The Morgan fingerprint density at radius 2 is 2.29 bits per heavy atom. The van der Waals surface area contributed by atoms with E-state index in [0.717, 1.165) is 0 Å². The van der Waals surface area contributed by atoms with Gasteiger partial charge in [-0.25, -0.2) is 4.39 Å². The number of halogens is 1. The van der Waals surface area contributed by atoms with Crippen LogP contribution in [0.2, 0.25) is 0 Å². The fourth-order valence-corrected chi connectivity index (χ4v) is 1.77. The average molecular weight is 194 g/mol. The molecule has 0 saturated heterocycles. The van der Waals surface area contributed by atoms with Gasteiger partial charge < -0.3 is 5.11 Å². The number of carbonyl (C=O) groups is 1. The summed E-state index contributed by atoms with van der Waals surface area (Å²) in [6.45, 7) is 1.69. The lowest BCUT2D eigenvalue weighted by Crippen LogP contribution is -2.00. The van der Waals surface area contributed by atoms with Crippen molar-refractivity contribution in [3.8, 4) is 0 Å². The monoisotopic (exact) mass is 194 g/mol. The summed E-state index contributed by atoms with van der Waals surface area (Å²) in [5, 5.41) is 8.72. The van der Waals surface area contributed by atoms with E-state index in [9.17, 15) is 9.18 Å². The summed E-state index contributed by atoms with van der Waals surface area (Å²) < 4.78 is 13.5. The first-order valence-corrected chi connectivity index (χ1v) is 4.59. The molecule has 0 heterocycles. The topological polar surface area (TPSA) is 37.3 Å². The lowest BCUT2D eigenvalue weighted by Gasteiger charge is -2.03. The van der Waals surface area contributed by atoms with Gasteiger partial charge in [0.2, 0.25) is 0 Å². The Morgan fingerprint density at radius 1 is 1.57 bits per heavy atom. The molecule has 1 aliphatic carbocycles. The predicted octanol–water partition coefficient (Wildman–Crippen LogP) is 2.32. The van der Waals surface area contributed by atoms with Gasteiger partial charge in [0.15, 0.2) is 0 Å². The molecular weight excluding hydrogens is 183 g/mol. The van der Waals surface area contributed by atoms with E-state index in [0.29, 0.717) is 17.5 Å². The molecule has 1 aliphatic rings. The zero-order chi connectivity index (χ0) is 10.3. The van der Waals surface area contributed by atoms with Crippen molar-refractivity contribution in [1.29, 1.82) is 0 Å². The SMILES string of the molecule is Cc1cccc(C2CC2C(=O)O)c1F. The normalized spacial score (nSPS) is 24.7. The molecule has 2 rings (SSSR count). The summed E-state index contributed by atoms with van der Waals surface area (Å²) in [5.74, 6) is -1.57. The molecule has 1 saturated carbocycles. The summed E-state index contributed by atoms with van der Waals surface area (Å²) in [5.41, 5.74) is 1.14. The molecule has 3 heteroatoms. The van der Waals surface area contributed by atoms with E-state index in [1.54, 1.807) is 25.1 Å². The summed E-state index contributed by atoms with van der Waals surface area (Å²) in [7, 11) is 0. The Kier molecular flexibility index (Phi) is 2.02. The first-order chi connectivity index (χ1) is 6.61. The van der Waals surface area contributed by atoms with Crippen LogP contribution < -0.4 is 0 Å².